The monoisotopic (exact) mass is 251 g/mol. The van der Waals surface area contributed by atoms with Crippen molar-refractivity contribution in [2.24, 2.45) is 11.7 Å². The Morgan fingerprint density at radius 1 is 1.39 bits per heavy atom. The molecule has 18 heavy (non-hydrogen) atoms. The lowest BCUT2D eigenvalue weighted by molar-refractivity contribution is 0.242. The largest absolute Gasteiger partial charge is 0.490 e. The molecule has 1 unspecified atom stereocenters. The van der Waals surface area contributed by atoms with Crippen LogP contribution in [0.2, 0.25) is 0 Å². The van der Waals surface area contributed by atoms with E-state index in [0.717, 1.165) is 5.56 Å². The molecule has 3 heteroatoms. The number of ether oxygens (including phenoxy) is 1. The molecule has 1 aromatic carbocycles. The van der Waals surface area contributed by atoms with Gasteiger partial charge in [0, 0.05) is 6.04 Å². The molecule has 0 heterocycles. The van der Waals surface area contributed by atoms with Gasteiger partial charge in [-0.05, 0) is 49.8 Å². The SMILES string of the molecule is CC(N)Cc1ccc(OCC2CCCC2)c(F)c1. The van der Waals surface area contributed by atoms with Gasteiger partial charge >= 0.3 is 0 Å². The molecule has 2 N–H and O–H groups in total. The molecule has 0 amide bonds. The van der Waals surface area contributed by atoms with Crippen LogP contribution in [0.1, 0.15) is 38.2 Å². The molecule has 2 rings (SSSR count). The summed E-state index contributed by atoms with van der Waals surface area (Å²) in [5.41, 5.74) is 6.63. The molecule has 0 aliphatic heterocycles. The van der Waals surface area contributed by atoms with Gasteiger partial charge in [0.1, 0.15) is 0 Å². The lowest BCUT2D eigenvalue weighted by atomic mass is 10.1. The second kappa shape index (κ2) is 6.19. The van der Waals surface area contributed by atoms with Gasteiger partial charge in [0.05, 0.1) is 6.61 Å². The Kier molecular flexibility index (Phi) is 4.59. The number of rotatable bonds is 5. The number of benzene rings is 1. The second-order valence-corrected chi connectivity index (χ2v) is 5.41. The maximum Gasteiger partial charge on any atom is 0.165 e. The number of hydrogen-bond donors (Lipinski definition) is 1. The van der Waals surface area contributed by atoms with Crippen molar-refractivity contribution < 1.29 is 9.13 Å². The molecule has 1 aromatic rings. The zero-order chi connectivity index (χ0) is 13.0. The number of hydrogen-bond acceptors (Lipinski definition) is 2. The van der Waals surface area contributed by atoms with Crippen LogP contribution < -0.4 is 10.5 Å². The lowest BCUT2D eigenvalue weighted by Crippen LogP contribution is -2.17. The van der Waals surface area contributed by atoms with E-state index in [0.29, 0.717) is 24.7 Å². The minimum absolute atomic E-state index is 0.0506. The van der Waals surface area contributed by atoms with Gasteiger partial charge in [-0.2, -0.15) is 0 Å². The zero-order valence-electron chi connectivity index (χ0n) is 11.0. The summed E-state index contributed by atoms with van der Waals surface area (Å²) < 4.78 is 19.4. The Labute approximate surface area is 108 Å². The topological polar surface area (TPSA) is 35.2 Å². The van der Waals surface area contributed by atoms with Crippen molar-refractivity contribution in [3.05, 3.63) is 29.6 Å². The van der Waals surface area contributed by atoms with Crippen molar-refractivity contribution in [3.63, 3.8) is 0 Å². The van der Waals surface area contributed by atoms with Crippen molar-refractivity contribution in [1.82, 2.24) is 0 Å². The number of nitrogens with two attached hydrogens (primary N) is 1. The third-order valence-electron chi connectivity index (χ3n) is 3.50. The molecule has 0 radical (unpaired) electrons. The van der Waals surface area contributed by atoms with Gasteiger partial charge in [-0.25, -0.2) is 4.39 Å². The predicted octanol–water partition coefficient (Wildman–Crippen LogP) is 3.28. The Hall–Kier alpha value is -1.09. The van der Waals surface area contributed by atoms with Crippen LogP contribution >= 0.6 is 0 Å². The second-order valence-electron chi connectivity index (χ2n) is 5.41. The average Bonchev–Trinajstić information content (AvgIpc) is 2.80. The van der Waals surface area contributed by atoms with Gasteiger partial charge in [0.2, 0.25) is 0 Å². The quantitative estimate of drug-likeness (QED) is 0.871. The molecule has 1 aliphatic rings. The van der Waals surface area contributed by atoms with Gasteiger partial charge in [-0.15, -0.1) is 0 Å². The Bertz CT molecular complexity index is 386. The third kappa shape index (κ3) is 3.70. The highest BCUT2D eigenvalue weighted by Gasteiger charge is 2.16. The van der Waals surface area contributed by atoms with Crippen LogP contribution in [0.25, 0.3) is 0 Å². The van der Waals surface area contributed by atoms with Gasteiger partial charge in [0.15, 0.2) is 11.6 Å². The number of halogens is 1. The fraction of sp³-hybridized carbons (Fsp3) is 0.600. The summed E-state index contributed by atoms with van der Waals surface area (Å²) >= 11 is 0. The third-order valence-corrected chi connectivity index (χ3v) is 3.50. The minimum atomic E-state index is -0.272. The summed E-state index contributed by atoms with van der Waals surface area (Å²) in [4.78, 5) is 0. The molecule has 1 atom stereocenters. The molecule has 0 spiro atoms. The first-order valence-electron chi connectivity index (χ1n) is 6.82. The molecule has 100 valence electrons. The van der Waals surface area contributed by atoms with E-state index < -0.39 is 0 Å². The summed E-state index contributed by atoms with van der Waals surface area (Å²) in [5, 5.41) is 0. The van der Waals surface area contributed by atoms with E-state index in [1.165, 1.54) is 31.7 Å². The smallest absolute Gasteiger partial charge is 0.165 e. The van der Waals surface area contributed by atoms with Crippen molar-refractivity contribution >= 4 is 0 Å². The van der Waals surface area contributed by atoms with E-state index in [-0.39, 0.29) is 11.9 Å². The van der Waals surface area contributed by atoms with Crippen LogP contribution in [-0.2, 0) is 6.42 Å². The van der Waals surface area contributed by atoms with E-state index in [1.54, 1.807) is 6.07 Å². The zero-order valence-corrected chi connectivity index (χ0v) is 11.0. The van der Waals surface area contributed by atoms with E-state index >= 15 is 0 Å². The van der Waals surface area contributed by atoms with Gasteiger partial charge in [-0.1, -0.05) is 18.9 Å². The van der Waals surface area contributed by atoms with Crippen molar-refractivity contribution in [2.45, 2.75) is 45.1 Å². The highest BCUT2D eigenvalue weighted by Crippen LogP contribution is 2.26. The van der Waals surface area contributed by atoms with Crippen LogP contribution in [0, 0.1) is 11.7 Å². The molecule has 0 aromatic heterocycles. The molecule has 1 fully saturated rings. The Morgan fingerprint density at radius 3 is 2.72 bits per heavy atom. The van der Waals surface area contributed by atoms with Crippen molar-refractivity contribution in [3.8, 4) is 5.75 Å². The summed E-state index contributed by atoms with van der Waals surface area (Å²) in [7, 11) is 0. The maximum absolute atomic E-state index is 13.8. The maximum atomic E-state index is 13.8. The van der Waals surface area contributed by atoms with Gasteiger partial charge < -0.3 is 10.5 Å². The van der Waals surface area contributed by atoms with E-state index in [1.807, 2.05) is 13.0 Å². The van der Waals surface area contributed by atoms with Crippen molar-refractivity contribution in [1.29, 1.82) is 0 Å². The van der Waals surface area contributed by atoms with E-state index in [4.69, 9.17) is 10.5 Å². The summed E-state index contributed by atoms with van der Waals surface area (Å²) in [6, 6.07) is 5.21. The molecule has 2 nitrogen and oxygen atoms in total. The minimum Gasteiger partial charge on any atom is -0.490 e. The standard InChI is InChI=1S/C15H22FNO/c1-11(17)8-13-6-7-15(14(16)9-13)18-10-12-4-2-3-5-12/h6-7,9,11-12H,2-5,8,10,17H2,1H3. The molecule has 0 bridgehead atoms. The Morgan fingerprint density at radius 2 is 2.11 bits per heavy atom. The van der Waals surface area contributed by atoms with E-state index in [2.05, 4.69) is 0 Å². The fourth-order valence-corrected chi connectivity index (χ4v) is 2.54. The van der Waals surface area contributed by atoms with Crippen LogP contribution in [-0.4, -0.2) is 12.6 Å². The van der Waals surface area contributed by atoms with Crippen LogP contribution in [0.15, 0.2) is 18.2 Å². The normalized spacial score (nSPS) is 17.9. The molecular formula is C15H22FNO. The lowest BCUT2D eigenvalue weighted by Gasteiger charge is -2.13. The fourth-order valence-electron chi connectivity index (χ4n) is 2.54. The highest BCUT2D eigenvalue weighted by atomic mass is 19.1. The molecule has 0 saturated heterocycles. The molecular weight excluding hydrogens is 229 g/mol. The molecule has 1 saturated carbocycles. The highest BCUT2D eigenvalue weighted by molar-refractivity contribution is 5.29. The average molecular weight is 251 g/mol. The van der Waals surface area contributed by atoms with E-state index in [9.17, 15) is 4.39 Å². The van der Waals surface area contributed by atoms with Crippen LogP contribution in [0.5, 0.6) is 5.75 Å². The predicted molar refractivity (Wildman–Crippen MR) is 71.2 cm³/mol. The first kappa shape index (κ1) is 13.3. The first-order chi connectivity index (χ1) is 8.65. The van der Waals surface area contributed by atoms with Crippen LogP contribution in [0.3, 0.4) is 0 Å². The summed E-state index contributed by atoms with van der Waals surface area (Å²) in [5.74, 6) is 0.703. The van der Waals surface area contributed by atoms with Gasteiger partial charge in [-0.3, -0.25) is 0 Å². The first-order valence-corrected chi connectivity index (χ1v) is 6.82. The summed E-state index contributed by atoms with van der Waals surface area (Å²) in [6.07, 6.45) is 5.68. The van der Waals surface area contributed by atoms with Gasteiger partial charge in [0.25, 0.3) is 0 Å². The Balaban J connectivity index is 1.92. The summed E-state index contributed by atoms with van der Waals surface area (Å²) in [6.45, 7) is 2.56. The van der Waals surface area contributed by atoms with Crippen molar-refractivity contribution in [2.75, 3.05) is 6.61 Å². The van der Waals surface area contributed by atoms with Crippen LogP contribution in [0.4, 0.5) is 4.39 Å². The molecule has 1 aliphatic carbocycles.